The van der Waals surface area contributed by atoms with Gasteiger partial charge in [-0.2, -0.15) is 0 Å². The molecule has 2 N–H and O–H groups in total. The van der Waals surface area contributed by atoms with E-state index in [1.54, 1.807) is 17.6 Å². The molecule has 0 unspecified atom stereocenters. The SMILES string of the molecule is CCNC(=NCc1coc(-c2cccs2)n1)NCC(CC)CC.I. The predicted octanol–water partition coefficient (Wildman–Crippen LogP) is 4.51. The maximum absolute atomic E-state index is 5.52. The van der Waals surface area contributed by atoms with Gasteiger partial charge in [-0.3, -0.25) is 0 Å². The quantitative estimate of drug-likeness (QED) is 0.344. The molecule has 0 bridgehead atoms. The second-order valence-corrected chi connectivity index (χ2v) is 6.33. The highest BCUT2D eigenvalue weighted by Crippen LogP contribution is 2.23. The predicted molar refractivity (Wildman–Crippen MR) is 112 cm³/mol. The summed E-state index contributed by atoms with van der Waals surface area (Å²) in [6.07, 6.45) is 4.04. The lowest BCUT2D eigenvalue weighted by Crippen LogP contribution is -2.39. The van der Waals surface area contributed by atoms with Crippen molar-refractivity contribution >= 4 is 41.3 Å². The Bertz CT molecular complexity index is 594. The minimum absolute atomic E-state index is 0. The van der Waals surface area contributed by atoms with Crippen LogP contribution in [0.3, 0.4) is 0 Å². The standard InChI is InChI=1S/C17H26N4OS.HI/c1-4-13(5-2)10-19-17(18-6-3)20-11-14-12-22-16(21-14)15-8-7-9-23-15;/h7-9,12-13H,4-6,10-11H2,1-3H3,(H2,18,19,20);1H. The Morgan fingerprint density at radius 2 is 2.08 bits per heavy atom. The van der Waals surface area contributed by atoms with Crippen molar-refractivity contribution in [3.05, 3.63) is 29.5 Å². The molecule has 0 aliphatic heterocycles. The average molecular weight is 462 g/mol. The molecule has 2 aromatic rings. The van der Waals surface area contributed by atoms with Crippen LogP contribution in [0.5, 0.6) is 0 Å². The molecule has 134 valence electrons. The molecule has 0 atom stereocenters. The first-order valence-electron chi connectivity index (χ1n) is 8.27. The summed E-state index contributed by atoms with van der Waals surface area (Å²) in [5, 5.41) is 8.70. The smallest absolute Gasteiger partial charge is 0.236 e. The van der Waals surface area contributed by atoms with E-state index in [1.807, 2.05) is 17.5 Å². The molecule has 0 amide bonds. The third-order valence-electron chi connectivity index (χ3n) is 3.74. The lowest BCUT2D eigenvalue weighted by atomic mass is 10.0. The number of guanidine groups is 1. The van der Waals surface area contributed by atoms with Crippen LogP contribution in [0.4, 0.5) is 0 Å². The van der Waals surface area contributed by atoms with E-state index in [2.05, 4.69) is 41.4 Å². The van der Waals surface area contributed by atoms with Crippen molar-refractivity contribution in [3.63, 3.8) is 0 Å². The van der Waals surface area contributed by atoms with Gasteiger partial charge in [0, 0.05) is 13.1 Å². The summed E-state index contributed by atoms with van der Waals surface area (Å²) in [7, 11) is 0. The number of oxazole rings is 1. The van der Waals surface area contributed by atoms with Crippen molar-refractivity contribution in [2.75, 3.05) is 13.1 Å². The normalized spacial score (nSPS) is 11.4. The molecule has 2 heterocycles. The summed E-state index contributed by atoms with van der Waals surface area (Å²) in [6, 6.07) is 4.00. The van der Waals surface area contributed by atoms with Gasteiger partial charge in [-0.1, -0.05) is 32.8 Å². The maximum Gasteiger partial charge on any atom is 0.236 e. The Labute approximate surface area is 165 Å². The van der Waals surface area contributed by atoms with Gasteiger partial charge >= 0.3 is 0 Å². The van der Waals surface area contributed by atoms with Gasteiger partial charge in [0.05, 0.1) is 11.4 Å². The van der Waals surface area contributed by atoms with Crippen LogP contribution in [-0.2, 0) is 6.54 Å². The third kappa shape index (κ3) is 6.43. The second-order valence-electron chi connectivity index (χ2n) is 5.38. The number of halogens is 1. The van der Waals surface area contributed by atoms with Gasteiger partial charge < -0.3 is 15.1 Å². The van der Waals surface area contributed by atoms with E-state index in [0.717, 1.165) is 29.6 Å². The zero-order chi connectivity index (χ0) is 16.5. The van der Waals surface area contributed by atoms with Crippen molar-refractivity contribution < 1.29 is 4.42 Å². The Hall–Kier alpha value is -1.09. The lowest BCUT2D eigenvalue weighted by molar-refractivity contribution is 0.481. The molecule has 2 rings (SSSR count). The fraction of sp³-hybridized carbons (Fsp3) is 0.529. The zero-order valence-corrected chi connectivity index (χ0v) is 17.7. The highest BCUT2D eigenvalue weighted by Gasteiger charge is 2.08. The van der Waals surface area contributed by atoms with Crippen molar-refractivity contribution in [1.82, 2.24) is 15.6 Å². The van der Waals surface area contributed by atoms with Crippen molar-refractivity contribution in [2.45, 2.75) is 40.2 Å². The molecule has 0 aromatic carbocycles. The summed E-state index contributed by atoms with van der Waals surface area (Å²) in [5.41, 5.74) is 0.841. The fourth-order valence-electron chi connectivity index (χ4n) is 2.21. The van der Waals surface area contributed by atoms with Crippen LogP contribution >= 0.6 is 35.3 Å². The molecule has 5 nitrogen and oxygen atoms in total. The Kier molecular flexibility index (Phi) is 10.0. The fourth-order valence-corrected chi connectivity index (χ4v) is 2.87. The van der Waals surface area contributed by atoms with Gasteiger partial charge in [-0.25, -0.2) is 9.98 Å². The van der Waals surface area contributed by atoms with Crippen molar-refractivity contribution in [3.8, 4) is 10.8 Å². The Balaban J connectivity index is 0.00000288. The van der Waals surface area contributed by atoms with Crippen LogP contribution < -0.4 is 10.6 Å². The first-order valence-corrected chi connectivity index (χ1v) is 9.15. The molecule has 0 radical (unpaired) electrons. The summed E-state index contributed by atoms with van der Waals surface area (Å²) in [4.78, 5) is 10.1. The first-order chi connectivity index (χ1) is 11.3. The molecule has 0 aliphatic rings. The molecule has 0 saturated heterocycles. The molecule has 0 saturated carbocycles. The van der Waals surface area contributed by atoms with E-state index in [1.165, 1.54) is 12.8 Å². The number of thiophene rings is 1. The van der Waals surface area contributed by atoms with E-state index in [9.17, 15) is 0 Å². The number of aromatic nitrogens is 1. The summed E-state index contributed by atoms with van der Waals surface area (Å²) < 4.78 is 5.52. The zero-order valence-electron chi connectivity index (χ0n) is 14.5. The van der Waals surface area contributed by atoms with E-state index < -0.39 is 0 Å². The van der Waals surface area contributed by atoms with Gasteiger partial charge in [-0.05, 0) is 24.3 Å². The molecule has 0 spiro atoms. The van der Waals surface area contributed by atoms with E-state index >= 15 is 0 Å². The Morgan fingerprint density at radius 1 is 1.29 bits per heavy atom. The van der Waals surface area contributed by atoms with Gasteiger partial charge in [-0.15, -0.1) is 35.3 Å². The van der Waals surface area contributed by atoms with Crippen molar-refractivity contribution in [1.29, 1.82) is 0 Å². The van der Waals surface area contributed by atoms with Gasteiger partial charge in [0.1, 0.15) is 12.0 Å². The number of aliphatic imine (C=N–C) groups is 1. The van der Waals surface area contributed by atoms with Crippen LogP contribution in [0.15, 0.2) is 33.2 Å². The highest BCUT2D eigenvalue weighted by atomic mass is 127. The highest BCUT2D eigenvalue weighted by molar-refractivity contribution is 14.0. The molecule has 0 aliphatic carbocycles. The minimum atomic E-state index is 0. The molecule has 2 aromatic heterocycles. The number of rotatable bonds is 8. The number of nitrogens with zero attached hydrogens (tertiary/aromatic N) is 2. The van der Waals surface area contributed by atoms with Crippen molar-refractivity contribution in [2.24, 2.45) is 10.9 Å². The topological polar surface area (TPSA) is 62.5 Å². The van der Waals surface area contributed by atoms with Crippen LogP contribution in [-0.4, -0.2) is 24.0 Å². The monoisotopic (exact) mass is 462 g/mol. The maximum atomic E-state index is 5.52. The van der Waals surface area contributed by atoms with Crippen LogP contribution in [0.2, 0.25) is 0 Å². The van der Waals surface area contributed by atoms with E-state index in [-0.39, 0.29) is 24.0 Å². The Morgan fingerprint density at radius 3 is 2.71 bits per heavy atom. The number of nitrogens with one attached hydrogen (secondary N) is 2. The van der Waals surface area contributed by atoms with Gasteiger partial charge in [0.15, 0.2) is 5.96 Å². The molecule has 7 heteroatoms. The van der Waals surface area contributed by atoms with Crippen LogP contribution in [0, 0.1) is 5.92 Å². The molecular weight excluding hydrogens is 435 g/mol. The first kappa shape index (κ1) is 21.0. The second kappa shape index (κ2) is 11.5. The number of hydrogen-bond donors (Lipinski definition) is 2. The average Bonchev–Trinajstić information content (AvgIpc) is 3.24. The van der Waals surface area contributed by atoms with Gasteiger partial charge in [0.2, 0.25) is 5.89 Å². The summed E-state index contributed by atoms with van der Waals surface area (Å²) in [5.74, 6) is 2.18. The van der Waals surface area contributed by atoms with Crippen LogP contribution in [0.1, 0.15) is 39.3 Å². The number of hydrogen-bond acceptors (Lipinski definition) is 4. The third-order valence-corrected chi connectivity index (χ3v) is 4.60. The lowest BCUT2D eigenvalue weighted by Gasteiger charge is -2.16. The van der Waals surface area contributed by atoms with Gasteiger partial charge in [0.25, 0.3) is 0 Å². The van der Waals surface area contributed by atoms with Crippen LogP contribution in [0.25, 0.3) is 10.8 Å². The summed E-state index contributed by atoms with van der Waals surface area (Å²) >= 11 is 1.62. The summed E-state index contributed by atoms with van der Waals surface area (Å²) in [6.45, 7) is 8.81. The minimum Gasteiger partial charge on any atom is -0.443 e. The van der Waals surface area contributed by atoms with E-state index in [0.29, 0.717) is 18.4 Å². The molecule has 0 fully saturated rings. The molecular formula is C17H27IN4OS. The molecule has 24 heavy (non-hydrogen) atoms. The largest absolute Gasteiger partial charge is 0.443 e. The van der Waals surface area contributed by atoms with E-state index in [4.69, 9.17) is 4.42 Å².